The molecule has 0 amide bonds. The Kier molecular flexibility index (Phi) is 33.1. The Morgan fingerprint density at radius 1 is 0.333 bits per heavy atom. The summed E-state index contributed by atoms with van der Waals surface area (Å²) in [7, 11) is 0. The van der Waals surface area contributed by atoms with Gasteiger partial charge in [-0.3, -0.25) is 29.9 Å². The molecule has 66 heavy (non-hydrogen) atoms. The minimum atomic E-state index is 0. The highest BCUT2D eigenvalue weighted by Crippen LogP contribution is 2.26. The standard InChI is InChI=1S/C12H14N2.C11H13N3.2C8H6N2.2C5H12.2C2H6.4CH4/c1-12(2,3)11-8-13-9-6-4-5-7-10(9)14-11;1-11(2,3)10-8-6-12-7-14-9(8)4-5-13-10;2*1-2-4-8-7(3-1)9-5-6-10-8;2*1-5(2,3)4;2*1-2;;;;/h4-8H,1-3H3;4-7H,1-3H3;2*1-6H;2*1-4H3;2*1-2H3;4*1H4. The molecule has 8 rings (SSSR count). The fourth-order valence-electron chi connectivity index (χ4n) is 4.64. The summed E-state index contributed by atoms with van der Waals surface area (Å²) in [6.07, 6.45) is 13.8. The summed E-state index contributed by atoms with van der Waals surface area (Å²) in [5, 5.41) is 1.04. The van der Waals surface area contributed by atoms with Gasteiger partial charge in [-0.05, 0) is 53.3 Å². The van der Waals surface area contributed by atoms with Crippen LogP contribution >= 0.6 is 0 Å². The number of hydrogen-bond acceptors (Lipinski definition) is 9. The van der Waals surface area contributed by atoms with E-state index in [1.165, 1.54) is 0 Å². The summed E-state index contributed by atoms with van der Waals surface area (Å²) >= 11 is 0. The first-order valence-corrected chi connectivity index (χ1v) is 21.7. The zero-order valence-electron chi connectivity index (χ0n) is 41.1. The molecule has 0 unspecified atom stereocenters. The van der Waals surface area contributed by atoms with Gasteiger partial charge in [0.1, 0.15) is 6.33 Å². The summed E-state index contributed by atoms with van der Waals surface area (Å²) < 4.78 is 0. The van der Waals surface area contributed by atoms with Crippen molar-refractivity contribution < 1.29 is 0 Å². The molecule has 0 aliphatic heterocycles. The van der Waals surface area contributed by atoms with Crippen LogP contribution in [0.4, 0.5) is 0 Å². The lowest BCUT2D eigenvalue weighted by molar-refractivity contribution is 0.469. The molecule has 0 radical (unpaired) electrons. The smallest absolute Gasteiger partial charge is 0.116 e. The third kappa shape index (κ3) is 27.5. The monoisotopic (exact) mass is 902 g/mol. The fourth-order valence-corrected chi connectivity index (χ4v) is 4.64. The zero-order chi connectivity index (χ0) is 47.0. The minimum Gasteiger partial charge on any atom is -0.260 e. The highest BCUT2D eigenvalue weighted by atomic mass is 14.8. The first kappa shape index (κ1) is 66.8. The summed E-state index contributed by atoms with van der Waals surface area (Å²) in [5.74, 6) is 0. The Balaban J connectivity index is -0.000000351. The van der Waals surface area contributed by atoms with Gasteiger partial charge in [0.25, 0.3) is 0 Å². The lowest BCUT2D eigenvalue weighted by Gasteiger charge is -2.18. The highest BCUT2D eigenvalue weighted by Gasteiger charge is 2.18. The number of nitrogens with zero attached hydrogens (tertiary/aromatic N) is 9. The van der Waals surface area contributed by atoms with Crippen LogP contribution in [0, 0.1) is 10.8 Å². The predicted octanol–water partition coefficient (Wildman–Crippen LogP) is 17.2. The van der Waals surface area contributed by atoms with Gasteiger partial charge in [0.2, 0.25) is 0 Å². The zero-order valence-corrected chi connectivity index (χ0v) is 41.1. The Labute approximate surface area is 403 Å². The molecule has 0 fully saturated rings. The highest BCUT2D eigenvalue weighted by molar-refractivity contribution is 5.80. The molecule has 0 saturated heterocycles. The molecule has 364 valence electrons. The molecule has 0 atom stereocenters. The quantitative estimate of drug-likeness (QED) is 0.147. The van der Waals surface area contributed by atoms with Crippen LogP contribution in [-0.2, 0) is 10.8 Å². The Bertz CT molecular complexity index is 2200. The topological polar surface area (TPSA) is 116 Å². The van der Waals surface area contributed by atoms with Crippen molar-refractivity contribution in [1.82, 2.24) is 44.9 Å². The van der Waals surface area contributed by atoms with Gasteiger partial charge in [-0.2, -0.15) is 0 Å². The second-order valence-corrected chi connectivity index (χ2v) is 18.9. The molecule has 9 nitrogen and oxygen atoms in total. The van der Waals surface area contributed by atoms with Crippen molar-refractivity contribution in [3.05, 3.63) is 140 Å². The number of rotatable bonds is 0. The third-order valence-corrected chi connectivity index (χ3v) is 7.11. The van der Waals surface area contributed by atoms with Crippen molar-refractivity contribution in [2.75, 3.05) is 0 Å². The van der Waals surface area contributed by atoms with Gasteiger partial charge in [-0.1, -0.05) is 191 Å². The van der Waals surface area contributed by atoms with E-state index in [0.717, 1.165) is 55.4 Å². The molecule has 5 heterocycles. The lowest BCUT2D eigenvalue weighted by atomic mass is 9.89. The van der Waals surface area contributed by atoms with Gasteiger partial charge < -0.3 is 0 Å². The molecular weight excluding hydrogens is 811 g/mol. The van der Waals surface area contributed by atoms with Gasteiger partial charge in [0.05, 0.1) is 50.0 Å². The summed E-state index contributed by atoms with van der Waals surface area (Å²) in [6.45, 7) is 38.4. The van der Waals surface area contributed by atoms with E-state index in [1.54, 1.807) is 37.3 Å². The minimum absolute atomic E-state index is 0. The molecule has 0 N–H and O–H groups in total. The molecule has 8 aromatic rings. The molecule has 0 bridgehead atoms. The predicted molar refractivity (Wildman–Crippen MR) is 293 cm³/mol. The van der Waals surface area contributed by atoms with Crippen molar-refractivity contribution in [2.24, 2.45) is 10.8 Å². The summed E-state index contributed by atoms with van der Waals surface area (Å²) in [5.41, 5.74) is 9.87. The fraction of sp³-hybridized carbons (Fsp3) is 0.456. The van der Waals surface area contributed by atoms with Crippen LogP contribution < -0.4 is 0 Å². The van der Waals surface area contributed by atoms with Crippen LogP contribution in [-0.4, -0.2) is 44.9 Å². The summed E-state index contributed by atoms with van der Waals surface area (Å²) in [6, 6.07) is 25.5. The van der Waals surface area contributed by atoms with Crippen LogP contribution in [0.5, 0.6) is 0 Å². The maximum Gasteiger partial charge on any atom is 0.116 e. The van der Waals surface area contributed by atoms with Crippen LogP contribution in [0.1, 0.15) is 166 Å². The number of fused-ring (bicyclic) bond motifs is 4. The largest absolute Gasteiger partial charge is 0.260 e. The molecule has 0 saturated carbocycles. The van der Waals surface area contributed by atoms with Crippen molar-refractivity contribution in [3.63, 3.8) is 0 Å². The Morgan fingerprint density at radius 3 is 1.00 bits per heavy atom. The first-order valence-electron chi connectivity index (χ1n) is 21.7. The van der Waals surface area contributed by atoms with Crippen LogP contribution in [0.2, 0.25) is 0 Å². The van der Waals surface area contributed by atoms with Crippen molar-refractivity contribution in [3.8, 4) is 0 Å². The van der Waals surface area contributed by atoms with Crippen molar-refractivity contribution in [1.29, 1.82) is 0 Å². The maximum atomic E-state index is 4.58. The number of para-hydroxylation sites is 6. The maximum absolute atomic E-state index is 4.58. The molecule has 3 aromatic carbocycles. The number of hydrogen-bond donors (Lipinski definition) is 0. The average molecular weight is 902 g/mol. The SMILES string of the molecule is C.C.C.C.CC.CC.CC(C)(C)C.CC(C)(C)C.CC(C)(C)c1cnc2ccccc2n1.CC(C)(C)c1nccc2ncncc12.c1ccc2nccnc2c1.c1ccc2nccnc2c1. The second-order valence-electron chi connectivity index (χ2n) is 18.9. The normalized spacial score (nSPS) is 10.1. The number of benzene rings is 3. The number of pyridine rings is 1. The molecule has 0 spiro atoms. The molecule has 5 aromatic heterocycles. The second kappa shape index (κ2) is 32.8. The van der Waals surface area contributed by atoms with Gasteiger partial charge in [0, 0.05) is 59.6 Å². The van der Waals surface area contributed by atoms with E-state index < -0.39 is 0 Å². The van der Waals surface area contributed by atoms with Gasteiger partial charge in [-0.15, -0.1) is 0 Å². The Morgan fingerprint density at radius 2 is 0.667 bits per heavy atom. The van der Waals surface area contributed by atoms with E-state index in [0.29, 0.717) is 10.8 Å². The Hall–Kier alpha value is -5.83. The van der Waals surface area contributed by atoms with Crippen LogP contribution in [0.3, 0.4) is 0 Å². The van der Waals surface area contributed by atoms with Gasteiger partial charge >= 0.3 is 0 Å². The van der Waals surface area contributed by atoms with E-state index in [1.807, 2.05) is 119 Å². The van der Waals surface area contributed by atoms with Crippen LogP contribution in [0.15, 0.2) is 129 Å². The lowest BCUT2D eigenvalue weighted by Crippen LogP contribution is -2.14. The molecule has 0 aliphatic carbocycles. The van der Waals surface area contributed by atoms with E-state index in [-0.39, 0.29) is 40.5 Å². The first-order chi connectivity index (χ1) is 29.1. The third-order valence-electron chi connectivity index (χ3n) is 7.11. The van der Waals surface area contributed by atoms with E-state index in [9.17, 15) is 0 Å². The molecule has 0 aliphatic rings. The van der Waals surface area contributed by atoms with E-state index in [2.05, 4.69) is 142 Å². The van der Waals surface area contributed by atoms with E-state index >= 15 is 0 Å². The van der Waals surface area contributed by atoms with Gasteiger partial charge in [0.15, 0.2) is 0 Å². The van der Waals surface area contributed by atoms with Crippen LogP contribution in [0.25, 0.3) is 44.0 Å². The summed E-state index contributed by atoms with van der Waals surface area (Å²) in [4.78, 5) is 38.1. The number of aromatic nitrogens is 9. The van der Waals surface area contributed by atoms with Crippen molar-refractivity contribution >= 4 is 44.0 Å². The average Bonchev–Trinajstić information content (AvgIpc) is 3.24. The van der Waals surface area contributed by atoms with Gasteiger partial charge in [-0.25, -0.2) is 15.0 Å². The molecule has 9 heteroatoms. The molecular formula is C57H91N9. The van der Waals surface area contributed by atoms with E-state index in [4.69, 9.17) is 0 Å². The van der Waals surface area contributed by atoms with Crippen molar-refractivity contribution in [2.45, 2.75) is 165 Å².